The predicted molar refractivity (Wildman–Crippen MR) is 291 cm³/mol. The smallest absolute Gasteiger partial charge is 0.165 e. The number of hydrogen-bond acceptors (Lipinski definition) is 6. The van der Waals surface area contributed by atoms with Crippen molar-refractivity contribution in [2.75, 3.05) is 0 Å². The van der Waals surface area contributed by atoms with E-state index < -0.39 is 0 Å². The van der Waals surface area contributed by atoms with Crippen LogP contribution in [-0.2, 0) is 0 Å². The minimum absolute atomic E-state index is 0.496. The summed E-state index contributed by atoms with van der Waals surface area (Å²) in [5, 5.41) is 0. The summed E-state index contributed by atoms with van der Waals surface area (Å²) in [7, 11) is 0. The van der Waals surface area contributed by atoms with Crippen LogP contribution in [0.25, 0.3) is 102 Å². The van der Waals surface area contributed by atoms with E-state index in [1.54, 1.807) is 0 Å². The number of rotatable bonds is 8. The van der Waals surface area contributed by atoms with Crippen LogP contribution in [0.15, 0.2) is 243 Å². The van der Waals surface area contributed by atoms with Crippen LogP contribution in [0, 0.1) is 0 Å². The summed E-state index contributed by atoms with van der Waals surface area (Å²) in [6, 6.07) is 83.2. The van der Waals surface area contributed by atoms with Crippen LogP contribution in [0.5, 0.6) is 0 Å². The van der Waals surface area contributed by atoms with E-state index in [0.717, 1.165) is 78.2 Å². The Morgan fingerprint density at radius 3 is 0.764 bits per heavy atom. The molecule has 8 aromatic carbocycles. The molecule has 338 valence electrons. The molecule has 3 aromatic heterocycles. The number of nitrogens with zero attached hydrogens (tertiary/aromatic N) is 8. The highest BCUT2D eigenvalue weighted by molar-refractivity contribution is 6.07. The van der Waals surface area contributed by atoms with Crippen molar-refractivity contribution in [2.45, 2.75) is 0 Å². The third-order valence-corrected chi connectivity index (χ3v) is 13.0. The second kappa shape index (κ2) is 18.2. The number of fused-ring (bicyclic) bond motifs is 8. The van der Waals surface area contributed by atoms with Crippen molar-refractivity contribution in [2.24, 2.45) is 0 Å². The molecule has 0 amide bonds. The van der Waals surface area contributed by atoms with Gasteiger partial charge in [-0.1, -0.05) is 218 Å². The van der Waals surface area contributed by atoms with Crippen molar-refractivity contribution in [3.63, 3.8) is 0 Å². The molecule has 0 N–H and O–H groups in total. The monoisotopic (exact) mass is 922 g/mol. The summed E-state index contributed by atoms with van der Waals surface area (Å²) in [5.74, 6) is 2.00. The van der Waals surface area contributed by atoms with Crippen molar-refractivity contribution < 1.29 is 0 Å². The first-order valence-corrected chi connectivity index (χ1v) is 24.0. The lowest BCUT2D eigenvalue weighted by molar-refractivity contribution is 1.03. The van der Waals surface area contributed by atoms with Crippen LogP contribution in [0.2, 0.25) is 0 Å². The predicted octanol–water partition coefficient (Wildman–Crippen LogP) is 14.7. The van der Waals surface area contributed by atoms with E-state index in [2.05, 4.69) is 179 Å². The first kappa shape index (κ1) is 42.2. The van der Waals surface area contributed by atoms with Crippen LogP contribution in [0.3, 0.4) is 0 Å². The zero-order valence-electron chi connectivity index (χ0n) is 38.8. The van der Waals surface area contributed by atoms with Gasteiger partial charge in [-0.05, 0) is 69.8 Å². The highest BCUT2D eigenvalue weighted by atomic mass is 15.2. The maximum atomic E-state index is 5.88. The molecular formula is C64H42N8. The third kappa shape index (κ3) is 7.51. The number of aromatic nitrogens is 8. The van der Waals surface area contributed by atoms with Crippen molar-refractivity contribution in [3.8, 4) is 55.9 Å². The zero-order valence-corrected chi connectivity index (χ0v) is 38.8. The summed E-state index contributed by atoms with van der Waals surface area (Å²) >= 11 is 0. The first-order valence-electron chi connectivity index (χ1n) is 24.0. The Bertz CT molecular complexity index is 3760. The van der Waals surface area contributed by atoms with Gasteiger partial charge < -0.3 is 0 Å². The molecule has 0 spiro atoms. The molecule has 13 rings (SSSR count). The quantitative estimate of drug-likeness (QED) is 0.151. The Morgan fingerprint density at radius 1 is 0.222 bits per heavy atom. The summed E-state index contributed by atoms with van der Waals surface area (Å²) in [6.07, 6.45) is 3.89. The molecule has 8 nitrogen and oxygen atoms in total. The molecule has 8 heteroatoms. The molecule has 0 atom stereocenters. The SMILES string of the molecule is C1=Cc2nc1nc1c(-c3ccccc3)c(-c3ccccc3)c(nc3nc(nc4c(-c5ccccc5)c(-c5ccccc5)c(n2)n4-c2ccccc2)C(c2ccccc2)=C3c2ccccc2)n1-c1ccccc1. The molecule has 8 bridgehead atoms. The molecule has 2 aliphatic heterocycles. The van der Waals surface area contributed by atoms with Crippen LogP contribution in [0.1, 0.15) is 34.4 Å². The van der Waals surface area contributed by atoms with E-state index in [1.807, 2.05) is 84.9 Å². The summed E-state index contributed by atoms with van der Waals surface area (Å²) in [4.78, 5) is 33.8. The molecule has 0 radical (unpaired) electrons. The second-order valence-electron chi connectivity index (χ2n) is 17.5. The van der Waals surface area contributed by atoms with Gasteiger partial charge >= 0.3 is 0 Å². The van der Waals surface area contributed by atoms with Gasteiger partial charge in [-0.15, -0.1) is 0 Å². The van der Waals surface area contributed by atoms with Gasteiger partial charge in [0.05, 0.1) is 0 Å². The van der Waals surface area contributed by atoms with Gasteiger partial charge in [0.1, 0.15) is 22.6 Å². The summed E-state index contributed by atoms with van der Waals surface area (Å²) < 4.78 is 4.30. The van der Waals surface area contributed by atoms with Crippen LogP contribution >= 0.6 is 0 Å². The van der Waals surface area contributed by atoms with Gasteiger partial charge in [0.25, 0.3) is 0 Å². The molecule has 0 saturated carbocycles. The molecule has 0 unspecified atom stereocenters. The first-order chi connectivity index (χ1) is 35.7. The Morgan fingerprint density at radius 2 is 0.472 bits per heavy atom. The molecule has 72 heavy (non-hydrogen) atoms. The van der Waals surface area contributed by atoms with Crippen LogP contribution < -0.4 is 0 Å². The lowest BCUT2D eigenvalue weighted by atomic mass is 9.95. The molecule has 11 aromatic rings. The second-order valence-corrected chi connectivity index (χ2v) is 17.5. The van der Waals surface area contributed by atoms with Gasteiger partial charge in [0.2, 0.25) is 0 Å². The summed E-state index contributed by atoms with van der Waals surface area (Å²) in [5.41, 5.74) is 15.5. The van der Waals surface area contributed by atoms with Crippen molar-refractivity contribution in [3.05, 3.63) is 277 Å². The maximum absolute atomic E-state index is 5.88. The maximum Gasteiger partial charge on any atom is 0.165 e. The minimum atomic E-state index is 0.496. The number of benzene rings is 8. The van der Waals surface area contributed by atoms with Crippen LogP contribution in [-0.4, -0.2) is 39.0 Å². The van der Waals surface area contributed by atoms with E-state index in [0.29, 0.717) is 45.9 Å². The summed E-state index contributed by atoms with van der Waals surface area (Å²) in [6.45, 7) is 0. The Labute approximate surface area is 416 Å². The van der Waals surface area contributed by atoms with Gasteiger partial charge in [-0.2, -0.15) is 0 Å². The molecular weight excluding hydrogens is 881 g/mol. The molecule has 0 fully saturated rings. The van der Waals surface area contributed by atoms with E-state index in [4.69, 9.17) is 29.9 Å². The standard InChI is InChI=1S/C64H42N8/c1-9-25-43(26-10-1)53-54(44-27-11-2-12-28-44)60-68-59(53)69-63-57(47-33-17-5-18-34-47)55(45-29-13-3-14-30-45)61(71(63)49-37-21-7-22-38-49)66-51-41-42-52(65-51)67-62-56(46-31-15-4-16-32-46)58(48-35-19-6-20-36-48)64(70-60)72(62)50-39-23-8-24-40-50/h1-42H. The van der Waals surface area contributed by atoms with Crippen LogP contribution in [0.4, 0.5) is 0 Å². The van der Waals surface area contributed by atoms with E-state index in [1.165, 1.54) is 0 Å². The fraction of sp³-hybridized carbons (Fsp3) is 0. The number of para-hydroxylation sites is 2. The lowest BCUT2D eigenvalue weighted by Crippen LogP contribution is -2.00. The molecule has 0 aliphatic carbocycles. The third-order valence-electron chi connectivity index (χ3n) is 13.0. The van der Waals surface area contributed by atoms with E-state index >= 15 is 0 Å². The topological polar surface area (TPSA) is 87.2 Å². The highest BCUT2D eigenvalue weighted by Gasteiger charge is 2.30. The molecule has 5 heterocycles. The highest BCUT2D eigenvalue weighted by Crippen LogP contribution is 2.45. The van der Waals surface area contributed by atoms with Gasteiger partial charge in [-0.3, -0.25) is 9.13 Å². The Hall–Kier alpha value is -9.92. The zero-order chi connectivity index (χ0) is 47.8. The van der Waals surface area contributed by atoms with E-state index in [9.17, 15) is 0 Å². The lowest BCUT2D eigenvalue weighted by Gasteiger charge is -2.10. The molecule has 0 saturated heterocycles. The van der Waals surface area contributed by atoms with Crippen molar-refractivity contribution >= 4 is 45.9 Å². The minimum Gasteiger partial charge on any atom is -0.278 e. The van der Waals surface area contributed by atoms with Gasteiger partial charge in [0, 0.05) is 44.8 Å². The van der Waals surface area contributed by atoms with Crippen molar-refractivity contribution in [1.29, 1.82) is 0 Å². The van der Waals surface area contributed by atoms with Gasteiger partial charge in [-0.25, -0.2) is 29.9 Å². The normalized spacial score (nSPS) is 12.1. The Balaban J connectivity index is 1.33. The number of hydrogen-bond donors (Lipinski definition) is 0. The fourth-order valence-corrected chi connectivity index (χ4v) is 9.91. The fourth-order valence-electron chi connectivity index (χ4n) is 9.91. The Kier molecular flexibility index (Phi) is 10.7. The van der Waals surface area contributed by atoms with Gasteiger partial charge in [0.15, 0.2) is 23.3 Å². The average Bonchev–Trinajstić information content (AvgIpc) is 4.21. The average molecular weight is 923 g/mol. The molecule has 2 aliphatic rings. The largest absolute Gasteiger partial charge is 0.278 e. The van der Waals surface area contributed by atoms with Crippen molar-refractivity contribution in [1.82, 2.24) is 39.0 Å². The van der Waals surface area contributed by atoms with E-state index in [-0.39, 0.29) is 0 Å².